The van der Waals surface area contributed by atoms with Gasteiger partial charge < -0.3 is 11.1 Å². The first-order valence-corrected chi connectivity index (χ1v) is 6.50. The van der Waals surface area contributed by atoms with Crippen molar-refractivity contribution in [1.29, 1.82) is 0 Å². The van der Waals surface area contributed by atoms with Crippen LogP contribution in [0, 0.1) is 0 Å². The Hall–Kier alpha value is -1.07. The molecule has 1 aromatic carbocycles. The van der Waals surface area contributed by atoms with Gasteiger partial charge in [0.1, 0.15) is 4.88 Å². The van der Waals surface area contributed by atoms with Gasteiger partial charge in [0.2, 0.25) is 0 Å². The van der Waals surface area contributed by atoms with Crippen molar-refractivity contribution in [1.82, 2.24) is 5.32 Å². The summed E-state index contributed by atoms with van der Waals surface area (Å²) in [6.45, 7) is 2.49. The number of hydrogen-bond donors (Lipinski definition) is 2. The highest BCUT2D eigenvalue weighted by Gasteiger charge is 2.15. The lowest BCUT2D eigenvalue weighted by Crippen LogP contribution is -2.22. The number of carbonyl (C=O) groups is 1. The van der Waals surface area contributed by atoms with Crippen LogP contribution < -0.4 is 11.1 Å². The van der Waals surface area contributed by atoms with E-state index in [4.69, 9.17) is 5.73 Å². The van der Waals surface area contributed by atoms with Crippen LogP contribution in [-0.2, 0) is 0 Å². The fourth-order valence-corrected chi connectivity index (χ4v) is 3.09. The maximum Gasteiger partial charge on any atom is 0.263 e. The quantitative estimate of drug-likeness (QED) is 0.895. The largest absolute Gasteiger partial charge is 0.397 e. The maximum atomic E-state index is 11.7. The zero-order valence-electron chi connectivity index (χ0n) is 8.71. The fraction of sp³-hybridized carbons (Fsp3) is 0.182. The van der Waals surface area contributed by atoms with E-state index in [0.29, 0.717) is 17.1 Å². The van der Waals surface area contributed by atoms with Gasteiger partial charge in [0, 0.05) is 21.1 Å². The van der Waals surface area contributed by atoms with Crippen molar-refractivity contribution < 1.29 is 4.79 Å². The Morgan fingerprint density at radius 1 is 1.56 bits per heavy atom. The first kappa shape index (κ1) is 11.4. The van der Waals surface area contributed by atoms with E-state index in [-0.39, 0.29) is 5.91 Å². The highest BCUT2D eigenvalue weighted by Crippen LogP contribution is 2.35. The Balaban J connectivity index is 2.55. The first-order valence-electron chi connectivity index (χ1n) is 4.89. The molecule has 0 saturated heterocycles. The summed E-state index contributed by atoms with van der Waals surface area (Å²) in [6.07, 6.45) is 0. The third kappa shape index (κ3) is 1.92. The molecule has 5 heteroatoms. The summed E-state index contributed by atoms with van der Waals surface area (Å²) in [6, 6.07) is 5.82. The average molecular weight is 299 g/mol. The molecule has 0 radical (unpaired) electrons. The Bertz CT molecular complexity index is 550. The molecule has 0 aliphatic rings. The predicted octanol–water partition coefficient (Wildman–Crippen LogP) is 3.00. The topological polar surface area (TPSA) is 55.1 Å². The number of carbonyl (C=O) groups excluding carboxylic acids is 1. The lowest BCUT2D eigenvalue weighted by Gasteiger charge is -1.99. The highest BCUT2D eigenvalue weighted by atomic mass is 79.9. The minimum Gasteiger partial charge on any atom is -0.397 e. The van der Waals surface area contributed by atoms with Crippen molar-refractivity contribution in [3.63, 3.8) is 0 Å². The van der Waals surface area contributed by atoms with E-state index in [2.05, 4.69) is 21.2 Å². The van der Waals surface area contributed by atoms with Gasteiger partial charge in [-0.1, -0.05) is 22.0 Å². The number of fused-ring (bicyclic) bond motifs is 1. The van der Waals surface area contributed by atoms with Crippen LogP contribution >= 0.6 is 27.3 Å². The predicted molar refractivity (Wildman–Crippen MR) is 71.9 cm³/mol. The van der Waals surface area contributed by atoms with E-state index in [1.807, 2.05) is 25.1 Å². The number of amides is 1. The van der Waals surface area contributed by atoms with Crippen molar-refractivity contribution in [2.24, 2.45) is 0 Å². The molecule has 0 aliphatic carbocycles. The molecule has 3 N–H and O–H groups in total. The fourth-order valence-electron chi connectivity index (χ4n) is 1.50. The second-order valence-corrected chi connectivity index (χ2v) is 5.31. The molecular weight excluding hydrogens is 288 g/mol. The molecule has 1 amide bonds. The van der Waals surface area contributed by atoms with Crippen molar-refractivity contribution >= 4 is 48.9 Å². The number of halogens is 1. The third-order valence-electron chi connectivity index (χ3n) is 2.23. The van der Waals surface area contributed by atoms with E-state index in [0.717, 1.165) is 14.6 Å². The lowest BCUT2D eigenvalue weighted by molar-refractivity contribution is 0.0960. The van der Waals surface area contributed by atoms with E-state index in [1.165, 1.54) is 11.3 Å². The van der Waals surface area contributed by atoms with Crippen LogP contribution in [-0.4, -0.2) is 12.5 Å². The maximum absolute atomic E-state index is 11.7. The minimum absolute atomic E-state index is 0.0997. The van der Waals surface area contributed by atoms with Gasteiger partial charge >= 0.3 is 0 Å². The number of benzene rings is 1. The van der Waals surface area contributed by atoms with Gasteiger partial charge in [0.05, 0.1) is 5.69 Å². The first-order chi connectivity index (χ1) is 7.63. The number of nitrogen functional groups attached to an aromatic ring is 1. The van der Waals surface area contributed by atoms with Gasteiger partial charge in [-0.05, 0) is 19.1 Å². The average Bonchev–Trinajstić information content (AvgIpc) is 2.56. The summed E-state index contributed by atoms with van der Waals surface area (Å²) in [5.41, 5.74) is 6.52. The van der Waals surface area contributed by atoms with Gasteiger partial charge in [0.25, 0.3) is 5.91 Å². The summed E-state index contributed by atoms with van der Waals surface area (Å²) in [7, 11) is 0. The normalized spacial score (nSPS) is 10.6. The van der Waals surface area contributed by atoms with Crippen LogP contribution in [0.15, 0.2) is 22.7 Å². The second kappa shape index (κ2) is 4.43. The molecule has 0 spiro atoms. The highest BCUT2D eigenvalue weighted by molar-refractivity contribution is 9.10. The van der Waals surface area contributed by atoms with E-state index in [9.17, 15) is 4.79 Å². The van der Waals surface area contributed by atoms with Gasteiger partial charge in [-0.3, -0.25) is 4.79 Å². The van der Waals surface area contributed by atoms with Crippen molar-refractivity contribution in [3.05, 3.63) is 27.5 Å². The summed E-state index contributed by atoms with van der Waals surface area (Å²) in [5, 5.41) is 3.70. The molecule has 0 saturated carbocycles. The van der Waals surface area contributed by atoms with Crippen LogP contribution in [0.1, 0.15) is 16.6 Å². The monoisotopic (exact) mass is 298 g/mol. The van der Waals surface area contributed by atoms with Gasteiger partial charge in [0.15, 0.2) is 0 Å². The molecular formula is C11H11BrN2OS. The standard InChI is InChI=1S/C11H11BrN2OS/c1-2-14-11(15)10-9(13)7-4-3-6(12)5-8(7)16-10/h3-5H,2,13H2,1H3,(H,14,15). The number of nitrogens with one attached hydrogen (secondary N) is 1. The minimum atomic E-state index is -0.0997. The molecule has 0 atom stereocenters. The Morgan fingerprint density at radius 2 is 2.31 bits per heavy atom. The molecule has 1 aromatic heterocycles. The molecule has 16 heavy (non-hydrogen) atoms. The van der Waals surface area contributed by atoms with Gasteiger partial charge in [-0.2, -0.15) is 0 Å². The van der Waals surface area contributed by atoms with Crippen LogP contribution in [0.3, 0.4) is 0 Å². The Labute approximate surface area is 106 Å². The summed E-state index contributed by atoms with van der Waals surface area (Å²) in [4.78, 5) is 12.3. The van der Waals surface area contributed by atoms with Crippen molar-refractivity contribution in [2.45, 2.75) is 6.92 Å². The molecule has 0 fully saturated rings. The van der Waals surface area contributed by atoms with Crippen molar-refractivity contribution in [3.8, 4) is 0 Å². The molecule has 0 unspecified atom stereocenters. The summed E-state index contributed by atoms with van der Waals surface area (Å²) in [5.74, 6) is -0.0997. The second-order valence-electron chi connectivity index (χ2n) is 3.34. The molecule has 1 heterocycles. The van der Waals surface area contributed by atoms with Crippen LogP contribution in [0.2, 0.25) is 0 Å². The Morgan fingerprint density at radius 3 is 3.00 bits per heavy atom. The molecule has 0 aliphatic heterocycles. The molecule has 2 aromatic rings. The van der Waals surface area contributed by atoms with Crippen molar-refractivity contribution in [2.75, 3.05) is 12.3 Å². The zero-order chi connectivity index (χ0) is 11.7. The summed E-state index contributed by atoms with van der Waals surface area (Å²) >= 11 is 4.82. The molecule has 84 valence electrons. The zero-order valence-corrected chi connectivity index (χ0v) is 11.1. The number of thiophene rings is 1. The van der Waals surface area contributed by atoms with Crippen LogP contribution in [0.5, 0.6) is 0 Å². The van der Waals surface area contributed by atoms with Gasteiger partial charge in [-0.15, -0.1) is 11.3 Å². The number of anilines is 1. The van der Waals surface area contributed by atoms with E-state index < -0.39 is 0 Å². The van der Waals surface area contributed by atoms with E-state index in [1.54, 1.807) is 0 Å². The molecule has 2 rings (SSSR count). The SMILES string of the molecule is CCNC(=O)c1sc2cc(Br)ccc2c1N. The third-order valence-corrected chi connectivity index (χ3v) is 3.89. The van der Waals surface area contributed by atoms with Crippen LogP contribution in [0.25, 0.3) is 10.1 Å². The van der Waals surface area contributed by atoms with Crippen LogP contribution in [0.4, 0.5) is 5.69 Å². The number of hydrogen-bond acceptors (Lipinski definition) is 3. The van der Waals surface area contributed by atoms with Gasteiger partial charge in [-0.25, -0.2) is 0 Å². The number of rotatable bonds is 2. The number of nitrogens with two attached hydrogens (primary N) is 1. The smallest absolute Gasteiger partial charge is 0.263 e. The Kier molecular flexibility index (Phi) is 3.16. The molecule has 3 nitrogen and oxygen atoms in total. The summed E-state index contributed by atoms with van der Waals surface area (Å²) < 4.78 is 2.01. The van der Waals surface area contributed by atoms with E-state index >= 15 is 0 Å². The lowest BCUT2D eigenvalue weighted by atomic mass is 10.2. The molecule has 0 bridgehead atoms.